The van der Waals surface area contributed by atoms with E-state index in [2.05, 4.69) is 11.8 Å². The van der Waals surface area contributed by atoms with Gasteiger partial charge in [-0.2, -0.15) is 5.26 Å². The molecule has 0 unspecified atom stereocenters. The Kier molecular flexibility index (Phi) is 7.03. The van der Waals surface area contributed by atoms with Crippen molar-refractivity contribution in [2.45, 2.75) is 0 Å². The van der Waals surface area contributed by atoms with Gasteiger partial charge in [0.1, 0.15) is 11.9 Å². The van der Waals surface area contributed by atoms with Crippen LogP contribution in [0.15, 0.2) is 18.2 Å². The van der Waals surface area contributed by atoms with E-state index >= 15 is 0 Å². The summed E-state index contributed by atoms with van der Waals surface area (Å²) in [5.41, 5.74) is 7.32. The summed E-state index contributed by atoms with van der Waals surface area (Å²) < 4.78 is 12.8. The molecule has 0 radical (unpaired) electrons. The molecule has 1 N–H and O–H groups in total. The third-order valence-electron chi connectivity index (χ3n) is 1.41. The van der Waals surface area contributed by atoms with Gasteiger partial charge in [-0.1, -0.05) is 12.5 Å². The van der Waals surface area contributed by atoms with E-state index in [9.17, 15) is 4.39 Å². The van der Waals surface area contributed by atoms with Crippen molar-refractivity contribution in [3.05, 3.63) is 40.9 Å². The SMILES string of the molecule is N#Cc1cc(C#CC[NH-])ccc1F.[K+]. The molecule has 2 nitrogen and oxygen atoms in total. The predicted molar refractivity (Wildman–Crippen MR) is 47.2 cm³/mol. The minimum absolute atomic E-state index is 0. The molecule has 0 amide bonds. The van der Waals surface area contributed by atoms with Crippen LogP contribution >= 0.6 is 0 Å². The van der Waals surface area contributed by atoms with Crippen LogP contribution in [0.5, 0.6) is 0 Å². The summed E-state index contributed by atoms with van der Waals surface area (Å²) in [6.45, 7) is -0.000731. The van der Waals surface area contributed by atoms with Crippen LogP contribution in [-0.2, 0) is 0 Å². The van der Waals surface area contributed by atoms with E-state index in [4.69, 9.17) is 11.0 Å². The van der Waals surface area contributed by atoms with E-state index in [1.165, 1.54) is 18.2 Å². The number of nitriles is 1. The molecule has 0 saturated carbocycles. The summed E-state index contributed by atoms with van der Waals surface area (Å²) in [6.07, 6.45) is 0. The average molecular weight is 212 g/mol. The Morgan fingerprint density at radius 2 is 2.14 bits per heavy atom. The second kappa shape index (κ2) is 7.14. The van der Waals surface area contributed by atoms with Crippen molar-refractivity contribution >= 4 is 0 Å². The smallest absolute Gasteiger partial charge is 0.667 e. The van der Waals surface area contributed by atoms with Crippen LogP contribution in [0.2, 0.25) is 0 Å². The Morgan fingerprint density at radius 1 is 1.43 bits per heavy atom. The van der Waals surface area contributed by atoms with E-state index in [0.29, 0.717) is 5.56 Å². The van der Waals surface area contributed by atoms with Gasteiger partial charge < -0.3 is 5.73 Å². The fourth-order valence-electron chi connectivity index (χ4n) is 0.835. The van der Waals surface area contributed by atoms with Gasteiger partial charge in [-0.3, -0.25) is 0 Å². The van der Waals surface area contributed by atoms with Gasteiger partial charge in [-0.25, -0.2) is 4.39 Å². The number of nitrogens with one attached hydrogen (secondary N) is 1. The first-order chi connectivity index (χ1) is 6.27. The number of benzene rings is 1. The first-order valence-electron chi connectivity index (χ1n) is 3.61. The Morgan fingerprint density at radius 3 is 2.71 bits per heavy atom. The van der Waals surface area contributed by atoms with Gasteiger partial charge in [0, 0.05) is 5.56 Å². The maximum atomic E-state index is 12.8. The molecule has 0 aliphatic carbocycles. The summed E-state index contributed by atoms with van der Waals surface area (Å²) in [5.74, 6) is 4.62. The summed E-state index contributed by atoms with van der Waals surface area (Å²) >= 11 is 0. The molecule has 1 aromatic carbocycles. The largest absolute Gasteiger partial charge is 1.00 e. The van der Waals surface area contributed by atoms with Crippen molar-refractivity contribution in [2.24, 2.45) is 0 Å². The minimum Gasteiger partial charge on any atom is -0.667 e. The fraction of sp³-hybridized carbons (Fsp3) is 0.100. The fourth-order valence-corrected chi connectivity index (χ4v) is 0.835. The van der Waals surface area contributed by atoms with Crippen LogP contribution < -0.4 is 51.4 Å². The molecule has 1 aromatic rings. The van der Waals surface area contributed by atoms with E-state index in [0.717, 1.165) is 0 Å². The maximum Gasteiger partial charge on any atom is 1.00 e. The molecule has 0 aromatic heterocycles. The van der Waals surface area contributed by atoms with Crippen LogP contribution in [0, 0.1) is 29.0 Å². The molecule has 0 fully saturated rings. The molecule has 0 aliphatic rings. The average Bonchev–Trinajstić information content (AvgIpc) is 2.16. The van der Waals surface area contributed by atoms with E-state index < -0.39 is 5.82 Å². The molecule has 14 heavy (non-hydrogen) atoms. The van der Waals surface area contributed by atoms with Gasteiger partial charge in [-0.15, -0.1) is 5.92 Å². The van der Waals surface area contributed by atoms with E-state index in [-0.39, 0.29) is 63.5 Å². The van der Waals surface area contributed by atoms with Crippen molar-refractivity contribution in [1.29, 1.82) is 5.26 Å². The van der Waals surface area contributed by atoms with Crippen molar-refractivity contribution in [1.82, 2.24) is 0 Å². The third kappa shape index (κ3) is 3.89. The number of hydrogen-bond acceptors (Lipinski definition) is 1. The van der Waals surface area contributed by atoms with Gasteiger partial charge in [0.15, 0.2) is 0 Å². The minimum atomic E-state index is -0.543. The molecule has 0 aliphatic heterocycles. The van der Waals surface area contributed by atoms with Gasteiger partial charge in [0.05, 0.1) is 5.56 Å². The van der Waals surface area contributed by atoms with Gasteiger partial charge in [-0.05, 0) is 18.2 Å². The van der Waals surface area contributed by atoms with Crippen molar-refractivity contribution < 1.29 is 55.8 Å². The maximum absolute atomic E-state index is 12.8. The van der Waals surface area contributed by atoms with E-state index in [1.807, 2.05) is 0 Å². The number of nitrogens with zero attached hydrogens (tertiary/aromatic N) is 1. The van der Waals surface area contributed by atoms with E-state index in [1.54, 1.807) is 6.07 Å². The molecule has 0 bridgehead atoms. The van der Waals surface area contributed by atoms with Crippen LogP contribution in [0.3, 0.4) is 0 Å². The number of halogens is 1. The monoisotopic (exact) mass is 212 g/mol. The molecule has 1 rings (SSSR count). The van der Waals surface area contributed by atoms with Crippen molar-refractivity contribution in [3.63, 3.8) is 0 Å². The second-order valence-corrected chi connectivity index (χ2v) is 2.28. The Bertz CT molecular complexity index is 412. The zero-order chi connectivity index (χ0) is 9.68. The Hall–Kier alpha value is -0.204. The zero-order valence-corrected chi connectivity index (χ0v) is 10.9. The zero-order valence-electron chi connectivity index (χ0n) is 7.76. The van der Waals surface area contributed by atoms with Crippen LogP contribution in [0.25, 0.3) is 5.73 Å². The van der Waals surface area contributed by atoms with Crippen LogP contribution in [0.4, 0.5) is 4.39 Å². The molecular formula is C10H6FKN2. The van der Waals surface area contributed by atoms with Crippen LogP contribution in [0.1, 0.15) is 11.1 Å². The first-order valence-corrected chi connectivity index (χ1v) is 3.61. The van der Waals surface area contributed by atoms with Crippen molar-refractivity contribution in [2.75, 3.05) is 6.54 Å². The molecule has 64 valence electrons. The quantitative estimate of drug-likeness (QED) is 0.406. The summed E-state index contributed by atoms with van der Waals surface area (Å²) in [6, 6.07) is 5.78. The normalized spacial score (nSPS) is 7.79. The number of rotatable bonds is 0. The Balaban J connectivity index is 0.00000169. The van der Waals surface area contributed by atoms with Gasteiger partial charge in [0.2, 0.25) is 0 Å². The summed E-state index contributed by atoms with van der Waals surface area (Å²) in [7, 11) is 0. The van der Waals surface area contributed by atoms with Crippen LogP contribution in [-0.4, -0.2) is 6.54 Å². The summed E-state index contributed by atoms with van der Waals surface area (Å²) in [4.78, 5) is 0. The molecule has 0 atom stereocenters. The van der Waals surface area contributed by atoms with Crippen molar-refractivity contribution in [3.8, 4) is 17.9 Å². The predicted octanol–water partition coefficient (Wildman–Crippen LogP) is -0.895. The number of hydrogen-bond donors (Lipinski definition) is 0. The molecule has 0 spiro atoms. The standard InChI is InChI=1S/C10H6FN2.K/c11-10-4-3-8(2-1-5-12)6-9(10)7-13;/h3-4,6,12H,5H2;/q-1;+1. The molecule has 0 heterocycles. The van der Waals surface area contributed by atoms with Gasteiger partial charge in [0.25, 0.3) is 0 Å². The molecular weight excluding hydrogens is 206 g/mol. The Labute approximate surface area is 125 Å². The molecule has 4 heteroatoms. The summed E-state index contributed by atoms with van der Waals surface area (Å²) in [5, 5.41) is 8.49. The first kappa shape index (κ1) is 13.8. The second-order valence-electron chi connectivity index (χ2n) is 2.28. The third-order valence-corrected chi connectivity index (χ3v) is 1.41. The topological polar surface area (TPSA) is 47.6 Å². The van der Waals surface area contributed by atoms with Gasteiger partial charge >= 0.3 is 51.4 Å². The molecule has 0 saturated heterocycles.